The van der Waals surface area contributed by atoms with Gasteiger partial charge in [-0.05, 0) is 0 Å². The lowest BCUT2D eigenvalue weighted by molar-refractivity contribution is 1.44. The van der Waals surface area contributed by atoms with Crippen molar-refractivity contribution in [2.24, 2.45) is 0 Å². The molecular weight excluding hydrogens is 82.1 g/mol. The second-order valence-corrected chi connectivity index (χ2v) is 1.69. The van der Waals surface area contributed by atoms with E-state index in [4.69, 9.17) is 5.26 Å². The molecule has 0 saturated carbocycles. The van der Waals surface area contributed by atoms with Crippen molar-refractivity contribution >= 4 is 11.2 Å². The van der Waals surface area contributed by atoms with Crippen LogP contribution in [0.15, 0.2) is 0 Å². The minimum Gasteiger partial charge on any atom is -0.196 e. The van der Waals surface area contributed by atoms with Crippen molar-refractivity contribution in [1.82, 2.24) is 0 Å². The Morgan fingerprint density at radius 2 is 2.60 bits per heavy atom. The van der Waals surface area contributed by atoms with Crippen molar-refractivity contribution in [1.29, 1.82) is 5.26 Å². The van der Waals surface area contributed by atoms with E-state index in [1.54, 1.807) is 0 Å². The zero-order valence-electron chi connectivity index (χ0n) is 2.43. The van der Waals surface area contributed by atoms with Crippen molar-refractivity contribution < 1.29 is 0 Å². The van der Waals surface area contributed by atoms with Crippen LogP contribution in [-0.2, 0) is 0 Å². The molecule has 0 aliphatic carbocycles. The monoisotopic (exact) mass is 83.0 g/mol. The van der Waals surface area contributed by atoms with E-state index in [9.17, 15) is 0 Å². The third-order valence-electron chi connectivity index (χ3n) is 0.353. The molecular formula is C3HNS. The van der Waals surface area contributed by atoms with Crippen molar-refractivity contribution in [3.05, 3.63) is 0 Å². The van der Waals surface area contributed by atoms with Crippen molar-refractivity contribution in [3.63, 3.8) is 0 Å². The smallest absolute Gasteiger partial charge is 0.178 e. The molecule has 0 aromatic heterocycles. The quantitative estimate of drug-likeness (QED) is 0.420. The SMILES string of the molecule is N#C[C@@H]1C#S1. The fourth-order valence-corrected chi connectivity index (χ4v) is 0.260. The lowest BCUT2D eigenvalue weighted by Crippen LogP contribution is -1.68. The van der Waals surface area contributed by atoms with Crippen LogP contribution in [0.5, 0.6) is 0 Å². The van der Waals surface area contributed by atoms with E-state index in [0.29, 0.717) is 0 Å². The Hall–Kier alpha value is -0.510. The summed E-state index contributed by atoms with van der Waals surface area (Å²) in [7, 11) is 0. The summed E-state index contributed by atoms with van der Waals surface area (Å²) in [5, 5.41) is 10.7. The van der Waals surface area contributed by atoms with Gasteiger partial charge in [-0.25, -0.2) is 0 Å². The lowest BCUT2D eigenvalue weighted by atomic mass is 10.6. The van der Waals surface area contributed by atoms with Gasteiger partial charge in [0, 0.05) is 0 Å². The average molecular weight is 83.1 g/mol. The molecule has 0 amide bonds. The molecule has 0 aromatic rings. The standard InChI is InChI=1S/C3HNS/c4-1-3-2-5-3/h3H/t3-/m1/s1. The molecule has 1 nitrogen and oxygen atoms in total. The minimum absolute atomic E-state index is 0.106. The molecule has 0 fully saturated rings. The number of hydrogen-bond donors (Lipinski definition) is 0. The zero-order valence-corrected chi connectivity index (χ0v) is 3.25. The largest absolute Gasteiger partial charge is 0.196 e. The van der Waals surface area contributed by atoms with Gasteiger partial charge in [0.1, 0.15) is 0 Å². The first-order valence-corrected chi connectivity index (χ1v) is 2.12. The van der Waals surface area contributed by atoms with E-state index >= 15 is 0 Å². The molecule has 0 bridgehead atoms. The second-order valence-electron chi connectivity index (χ2n) is 0.745. The summed E-state index contributed by atoms with van der Waals surface area (Å²) in [5.41, 5.74) is 0. The summed E-state index contributed by atoms with van der Waals surface area (Å²) in [6.45, 7) is 0. The van der Waals surface area contributed by atoms with Gasteiger partial charge in [0.2, 0.25) is 0 Å². The maximum Gasteiger partial charge on any atom is 0.178 e. The lowest BCUT2D eigenvalue weighted by Gasteiger charge is -1.53. The first-order valence-electron chi connectivity index (χ1n) is 1.24. The van der Waals surface area contributed by atoms with Crippen LogP contribution in [0.1, 0.15) is 0 Å². The highest BCUT2D eigenvalue weighted by Gasteiger charge is 2.04. The first kappa shape index (κ1) is 2.71. The maximum absolute atomic E-state index is 7.87. The van der Waals surface area contributed by atoms with Crippen LogP contribution in [-0.4, -0.2) is 5.25 Å². The van der Waals surface area contributed by atoms with Gasteiger partial charge in [0.25, 0.3) is 0 Å². The third kappa shape index (κ3) is 0.384. The van der Waals surface area contributed by atoms with Gasteiger partial charge in [-0.15, -0.1) is 0 Å². The summed E-state index contributed by atoms with van der Waals surface area (Å²) in [6.07, 6.45) is 0. The molecule has 1 atom stereocenters. The van der Waals surface area contributed by atoms with E-state index < -0.39 is 0 Å². The molecule has 1 rings (SSSR count). The molecule has 24 valence electrons. The second kappa shape index (κ2) is 0.718. The molecule has 1 heterocycles. The Labute approximate surface area is 33.8 Å². The van der Waals surface area contributed by atoms with Gasteiger partial charge in [-0.3, -0.25) is 0 Å². The Kier molecular flexibility index (Phi) is 0.390. The molecule has 1 aliphatic rings. The first-order chi connectivity index (χ1) is 2.43. The molecule has 0 radical (unpaired) electrons. The van der Waals surface area contributed by atoms with Crippen LogP contribution >= 0.6 is 11.2 Å². The van der Waals surface area contributed by atoms with E-state index in [2.05, 4.69) is 5.18 Å². The van der Waals surface area contributed by atoms with Crippen LogP contribution < -0.4 is 0 Å². The van der Waals surface area contributed by atoms with Crippen molar-refractivity contribution in [2.75, 3.05) is 0 Å². The molecule has 0 N–H and O–H groups in total. The van der Waals surface area contributed by atoms with Gasteiger partial charge in [-0.2, -0.15) is 5.26 Å². The van der Waals surface area contributed by atoms with Crippen molar-refractivity contribution in [3.8, 4) is 11.3 Å². The highest BCUT2D eigenvalue weighted by molar-refractivity contribution is 7.95. The molecule has 0 aromatic carbocycles. The van der Waals surface area contributed by atoms with Gasteiger partial charge in [0.05, 0.1) is 6.07 Å². The Morgan fingerprint density at radius 1 is 2.00 bits per heavy atom. The Balaban J connectivity index is 2.40. The number of nitriles is 1. The highest BCUT2D eigenvalue weighted by Crippen LogP contribution is 2.08. The Morgan fingerprint density at radius 3 is 2.60 bits per heavy atom. The van der Waals surface area contributed by atoms with Gasteiger partial charge < -0.3 is 0 Å². The number of rotatable bonds is 0. The maximum atomic E-state index is 7.87. The number of hydrogen-bond acceptors (Lipinski definition) is 1. The summed E-state index contributed by atoms with van der Waals surface area (Å²) in [4.78, 5) is 0. The van der Waals surface area contributed by atoms with Gasteiger partial charge >= 0.3 is 0 Å². The van der Waals surface area contributed by atoms with E-state index in [1.807, 2.05) is 6.07 Å². The van der Waals surface area contributed by atoms with Crippen molar-refractivity contribution in [2.45, 2.75) is 5.25 Å². The van der Waals surface area contributed by atoms with Crippen LogP contribution in [0.4, 0.5) is 0 Å². The molecule has 1 aliphatic heterocycles. The minimum atomic E-state index is 0.106. The summed E-state index contributed by atoms with van der Waals surface area (Å²) < 4.78 is 0. The molecule has 0 unspecified atom stereocenters. The van der Waals surface area contributed by atoms with E-state index in [-0.39, 0.29) is 5.25 Å². The summed E-state index contributed by atoms with van der Waals surface area (Å²) in [5.74, 6) is 0. The van der Waals surface area contributed by atoms with Crippen LogP contribution in [0.2, 0.25) is 0 Å². The fraction of sp³-hybridized carbons (Fsp3) is 0.333. The van der Waals surface area contributed by atoms with Gasteiger partial charge in [-0.1, -0.05) is 16.4 Å². The average Bonchev–Trinajstić information content (AvgIpc) is 2.12. The normalized spacial score (nSPS) is 27.4. The third-order valence-corrected chi connectivity index (χ3v) is 0.930. The molecule has 0 saturated heterocycles. The molecule has 2 heteroatoms. The molecule has 0 spiro atoms. The zero-order chi connectivity index (χ0) is 3.70. The Bertz CT molecular complexity index is 125. The fourth-order valence-electron chi connectivity index (χ4n) is 0.0867. The van der Waals surface area contributed by atoms with Gasteiger partial charge in [0.15, 0.2) is 5.25 Å². The van der Waals surface area contributed by atoms with E-state index in [0.717, 1.165) is 0 Å². The molecule has 5 heavy (non-hydrogen) atoms. The predicted octanol–water partition coefficient (Wildman–Crippen LogP) is 0.585. The predicted molar refractivity (Wildman–Crippen MR) is 20.9 cm³/mol. The van der Waals surface area contributed by atoms with Crippen LogP contribution in [0.25, 0.3) is 0 Å². The van der Waals surface area contributed by atoms with Crippen LogP contribution in [0, 0.1) is 16.5 Å². The topological polar surface area (TPSA) is 23.8 Å². The highest BCUT2D eigenvalue weighted by atomic mass is 32.1. The number of nitrogens with zero attached hydrogens (tertiary/aromatic N) is 1. The van der Waals surface area contributed by atoms with E-state index in [1.165, 1.54) is 11.2 Å². The van der Waals surface area contributed by atoms with Crippen LogP contribution in [0.3, 0.4) is 0 Å². The summed E-state index contributed by atoms with van der Waals surface area (Å²) in [6, 6.07) is 1.99. The summed E-state index contributed by atoms with van der Waals surface area (Å²) >= 11 is 1.46.